The summed E-state index contributed by atoms with van der Waals surface area (Å²) in [5.74, 6) is -1.06. The summed E-state index contributed by atoms with van der Waals surface area (Å²) in [4.78, 5) is 13.9. The van der Waals surface area contributed by atoms with Crippen molar-refractivity contribution in [2.24, 2.45) is 5.92 Å². The third-order valence-corrected chi connectivity index (χ3v) is 6.88. The lowest BCUT2D eigenvalue weighted by molar-refractivity contribution is 0.00499. The number of alkyl halides is 2. The minimum atomic E-state index is -3.38. The van der Waals surface area contributed by atoms with Crippen LogP contribution < -0.4 is 5.32 Å². The number of urea groups is 1. The molecule has 2 aliphatic rings. The van der Waals surface area contributed by atoms with E-state index in [1.165, 1.54) is 23.4 Å². The molecule has 2 amide bonds. The third-order valence-electron chi connectivity index (χ3n) is 5.27. The van der Waals surface area contributed by atoms with Gasteiger partial charge in [-0.2, -0.15) is 19.0 Å². The van der Waals surface area contributed by atoms with Crippen LogP contribution in [0.4, 0.5) is 19.3 Å². The molecule has 0 bridgehead atoms. The molecule has 154 valence electrons. The van der Waals surface area contributed by atoms with E-state index >= 15 is 8.78 Å². The Kier molecular flexibility index (Phi) is 5.55. The summed E-state index contributed by atoms with van der Waals surface area (Å²) in [5, 5.41) is 6.59. The van der Waals surface area contributed by atoms with Crippen molar-refractivity contribution in [3.8, 4) is 0 Å². The molecule has 0 spiro atoms. The smallest absolute Gasteiger partial charge is 0.328 e. The van der Waals surface area contributed by atoms with Crippen LogP contribution in [0.1, 0.15) is 24.0 Å². The maximum absolute atomic E-state index is 15.1. The molecule has 10 heteroatoms. The van der Waals surface area contributed by atoms with Crippen LogP contribution in [0.25, 0.3) is 0 Å². The zero-order valence-electron chi connectivity index (χ0n) is 15.5. The number of carbonyl (C=O) groups excluding carboxylic acids is 1. The average Bonchev–Trinajstić information content (AvgIpc) is 3.23. The first-order valence-electron chi connectivity index (χ1n) is 9.27. The van der Waals surface area contributed by atoms with Gasteiger partial charge in [-0.05, 0) is 36.1 Å². The van der Waals surface area contributed by atoms with Crippen molar-refractivity contribution >= 4 is 22.5 Å². The summed E-state index contributed by atoms with van der Waals surface area (Å²) in [6, 6.07) is 6.15. The largest absolute Gasteiger partial charge is 0.372 e. The van der Waals surface area contributed by atoms with Crippen LogP contribution in [-0.4, -0.2) is 43.7 Å². The number of likely N-dealkylation sites (tertiary alicyclic amines) is 1. The fourth-order valence-corrected chi connectivity index (χ4v) is 5.08. The second kappa shape index (κ2) is 8.11. The Morgan fingerprint density at radius 3 is 2.72 bits per heavy atom. The predicted molar refractivity (Wildman–Crippen MR) is 102 cm³/mol. The van der Waals surface area contributed by atoms with E-state index in [-0.39, 0.29) is 43.5 Å². The van der Waals surface area contributed by atoms with E-state index in [9.17, 15) is 9.00 Å². The van der Waals surface area contributed by atoms with E-state index in [0.717, 1.165) is 5.56 Å². The Hall–Kier alpha value is -2.46. The summed E-state index contributed by atoms with van der Waals surface area (Å²) in [7, 11) is -2.47. The number of benzene rings is 1. The number of nitrogens with zero attached hydrogens (tertiary/aromatic N) is 3. The minimum absolute atomic E-state index is 0.0757. The molecule has 29 heavy (non-hydrogen) atoms. The van der Waals surface area contributed by atoms with Crippen molar-refractivity contribution in [3.63, 3.8) is 0 Å². The van der Waals surface area contributed by atoms with Gasteiger partial charge < -0.3 is 15.0 Å². The van der Waals surface area contributed by atoms with Crippen LogP contribution >= 0.6 is 0 Å². The fourth-order valence-electron chi connectivity index (χ4n) is 3.63. The number of nitrogens with one attached hydrogen (secondary N) is 1. The molecule has 1 aromatic carbocycles. The van der Waals surface area contributed by atoms with Crippen molar-refractivity contribution in [2.45, 2.75) is 36.2 Å². The molecule has 7 nitrogen and oxygen atoms in total. The number of rotatable bonds is 4. The molecular formula is C19H20F2N4O3S. The molecule has 1 saturated heterocycles. The van der Waals surface area contributed by atoms with E-state index in [1.807, 2.05) is 0 Å². The highest BCUT2D eigenvalue weighted by Gasteiger charge is 2.48. The molecule has 3 heterocycles. The highest BCUT2D eigenvalue weighted by Crippen LogP contribution is 2.40. The van der Waals surface area contributed by atoms with Crippen LogP contribution in [0.15, 0.2) is 41.6 Å². The Bertz CT molecular complexity index is 921. The summed E-state index contributed by atoms with van der Waals surface area (Å²) < 4.78 is 48.2. The monoisotopic (exact) mass is 422 g/mol. The van der Waals surface area contributed by atoms with Gasteiger partial charge in [0.1, 0.15) is 10.8 Å². The van der Waals surface area contributed by atoms with Gasteiger partial charge in [-0.15, -0.1) is 0 Å². The van der Waals surface area contributed by atoms with Gasteiger partial charge in [0.15, 0.2) is 0 Å². The molecule has 1 atom stereocenters. The molecule has 1 N–H and O–H groups in total. The number of piperidine rings is 1. The van der Waals surface area contributed by atoms with E-state index in [2.05, 4.69) is 15.5 Å². The average molecular weight is 422 g/mol. The molecule has 4 rings (SSSR count). The minimum Gasteiger partial charge on any atom is -0.372 e. The Balaban J connectivity index is 1.40. The molecule has 1 fully saturated rings. The molecule has 0 aliphatic carbocycles. The zero-order valence-corrected chi connectivity index (χ0v) is 16.3. The van der Waals surface area contributed by atoms with Crippen LogP contribution in [0.2, 0.25) is 0 Å². The number of anilines is 1. The van der Waals surface area contributed by atoms with Crippen LogP contribution in [0.5, 0.6) is 0 Å². The number of halogens is 2. The van der Waals surface area contributed by atoms with E-state index in [1.54, 1.807) is 18.2 Å². The van der Waals surface area contributed by atoms with Gasteiger partial charge in [0.25, 0.3) is 0 Å². The summed E-state index contributed by atoms with van der Waals surface area (Å²) >= 11 is 0. The van der Waals surface area contributed by atoms with E-state index < -0.39 is 22.0 Å². The van der Waals surface area contributed by atoms with Gasteiger partial charge in [-0.1, -0.05) is 12.1 Å². The lowest BCUT2D eigenvalue weighted by Gasteiger charge is -2.35. The summed E-state index contributed by atoms with van der Waals surface area (Å²) in [6.07, 6.45) is 3.01. The quantitative estimate of drug-likeness (QED) is 0.818. The summed E-state index contributed by atoms with van der Waals surface area (Å²) in [6.45, 7) is 0.887. The van der Waals surface area contributed by atoms with Crippen molar-refractivity contribution in [1.29, 1.82) is 0 Å². The predicted octanol–water partition coefficient (Wildman–Crippen LogP) is 3.15. The molecule has 1 aromatic heterocycles. The van der Waals surface area contributed by atoms with Crippen LogP contribution in [-0.2, 0) is 28.8 Å². The standard InChI is InChI=1S/C19H20F2N4O3S/c20-19(21,29(27)17-3-1-2-13-11-28-12-16(13)17)14-5-8-25(9-6-14)18(26)24-15-4-7-22-23-10-15/h1-4,7,10,14H,5-6,8-9,11-12H2,(H,22,24,26). The maximum atomic E-state index is 15.1. The maximum Gasteiger partial charge on any atom is 0.328 e. The van der Waals surface area contributed by atoms with E-state index in [4.69, 9.17) is 4.74 Å². The number of fused-ring (bicyclic) bond motifs is 1. The van der Waals surface area contributed by atoms with Gasteiger partial charge in [0.2, 0.25) is 0 Å². The molecular weight excluding hydrogens is 402 g/mol. The van der Waals surface area contributed by atoms with Crippen molar-refractivity contribution in [3.05, 3.63) is 47.8 Å². The normalized spacial score (nSPS) is 18.3. The Morgan fingerprint density at radius 2 is 2.00 bits per heavy atom. The Morgan fingerprint density at radius 1 is 1.21 bits per heavy atom. The van der Waals surface area contributed by atoms with Crippen molar-refractivity contribution in [2.75, 3.05) is 18.4 Å². The molecule has 0 saturated carbocycles. The lowest BCUT2D eigenvalue weighted by Crippen LogP contribution is -2.46. The highest BCUT2D eigenvalue weighted by atomic mass is 32.2. The van der Waals surface area contributed by atoms with Gasteiger partial charge in [-0.25, -0.2) is 9.00 Å². The Labute approximate surface area is 168 Å². The van der Waals surface area contributed by atoms with Gasteiger partial charge in [0.05, 0.1) is 36.2 Å². The molecule has 1 unspecified atom stereocenters. The van der Waals surface area contributed by atoms with Crippen LogP contribution in [0, 0.1) is 5.92 Å². The van der Waals surface area contributed by atoms with Gasteiger partial charge in [0, 0.05) is 19.0 Å². The fraction of sp³-hybridized carbons (Fsp3) is 0.421. The number of amides is 2. The molecule has 0 radical (unpaired) electrons. The van der Waals surface area contributed by atoms with Gasteiger partial charge in [-0.3, -0.25) is 0 Å². The SMILES string of the molecule is O=C(Nc1ccnnc1)N1CCC(C(F)(F)S(=O)c2cccc3c2COC3)CC1. The first kappa shape index (κ1) is 19.8. The van der Waals surface area contributed by atoms with Crippen molar-refractivity contribution < 1.29 is 22.5 Å². The summed E-state index contributed by atoms with van der Waals surface area (Å²) in [5.41, 5.74) is 1.90. The van der Waals surface area contributed by atoms with E-state index in [0.29, 0.717) is 17.9 Å². The first-order valence-corrected chi connectivity index (χ1v) is 10.4. The zero-order chi connectivity index (χ0) is 20.4. The second-order valence-corrected chi connectivity index (χ2v) is 8.56. The molecule has 2 aliphatic heterocycles. The topological polar surface area (TPSA) is 84.4 Å². The number of ether oxygens (including phenoxy) is 1. The molecule has 2 aromatic rings. The number of carbonyl (C=O) groups is 1. The number of hydrogen-bond donors (Lipinski definition) is 1. The first-order chi connectivity index (χ1) is 14.0. The second-order valence-electron chi connectivity index (χ2n) is 7.04. The third kappa shape index (κ3) is 3.99. The number of hydrogen-bond acceptors (Lipinski definition) is 5. The van der Waals surface area contributed by atoms with Gasteiger partial charge >= 0.3 is 11.3 Å². The van der Waals surface area contributed by atoms with Crippen LogP contribution in [0.3, 0.4) is 0 Å². The lowest BCUT2D eigenvalue weighted by atomic mass is 9.97. The van der Waals surface area contributed by atoms with Crippen molar-refractivity contribution in [1.82, 2.24) is 15.1 Å². The highest BCUT2D eigenvalue weighted by molar-refractivity contribution is 7.86. The number of aromatic nitrogens is 2.